The van der Waals surface area contributed by atoms with Gasteiger partial charge in [-0.2, -0.15) is 4.68 Å². The highest BCUT2D eigenvalue weighted by atomic mass is 16.6. The molecule has 0 aliphatic rings. The number of hydrogen-bond donors (Lipinski definition) is 2. The number of imidazole rings is 1. The molecule has 0 fully saturated rings. The third-order valence-corrected chi connectivity index (χ3v) is 4.30. The summed E-state index contributed by atoms with van der Waals surface area (Å²) in [6.45, 7) is 10.8. The Morgan fingerprint density at radius 1 is 1.06 bits per heavy atom. The van der Waals surface area contributed by atoms with E-state index in [0.717, 1.165) is 9.08 Å². The third kappa shape index (κ3) is 7.81. The van der Waals surface area contributed by atoms with E-state index in [-0.39, 0.29) is 17.8 Å². The Kier molecular flexibility index (Phi) is 8.35. The molecule has 1 atom stereocenters. The molecule has 0 aliphatic heterocycles. The normalized spacial score (nSPS) is 12.8. The molecule has 2 heterocycles. The zero-order valence-electron chi connectivity index (χ0n) is 20.7. The van der Waals surface area contributed by atoms with Crippen molar-refractivity contribution in [3.8, 4) is 0 Å². The molecule has 2 amide bonds. The highest BCUT2D eigenvalue weighted by Crippen LogP contribution is 2.13. The number of alkyl carbamates (subject to hydrolysis) is 1. The lowest BCUT2D eigenvalue weighted by Gasteiger charge is -2.24. The van der Waals surface area contributed by atoms with Gasteiger partial charge in [-0.15, -0.1) is 5.10 Å². The lowest BCUT2D eigenvalue weighted by atomic mass is 10.1. The van der Waals surface area contributed by atoms with Crippen LogP contribution in [0, 0.1) is 0 Å². The molecule has 34 heavy (non-hydrogen) atoms. The van der Waals surface area contributed by atoms with Crippen molar-refractivity contribution in [2.45, 2.75) is 78.0 Å². The van der Waals surface area contributed by atoms with Gasteiger partial charge in [0.15, 0.2) is 11.3 Å². The molecular formula is C21H33N7O6. The molecule has 0 spiro atoms. The minimum atomic E-state index is -0.968. The molecule has 0 bridgehead atoms. The van der Waals surface area contributed by atoms with Crippen LogP contribution < -0.4 is 16.3 Å². The lowest BCUT2D eigenvalue weighted by Crippen LogP contribution is -2.44. The highest BCUT2D eigenvalue weighted by Gasteiger charge is 2.28. The average molecular weight is 480 g/mol. The number of hydrogen-bond acceptors (Lipinski definition) is 9. The minimum Gasteiger partial charge on any atom is -0.458 e. The summed E-state index contributed by atoms with van der Waals surface area (Å²) in [6, 6.07) is -0.968. The number of aryl methyl sites for hydroxylation is 1. The summed E-state index contributed by atoms with van der Waals surface area (Å²) in [5.41, 5.74) is -2.02. The summed E-state index contributed by atoms with van der Waals surface area (Å²) in [7, 11) is 1.42. The van der Waals surface area contributed by atoms with Crippen LogP contribution in [0.15, 0.2) is 11.1 Å². The number of fused-ring (bicyclic) bond motifs is 1. The number of rotatable bonds is 8. The Hall–Kier alpha value is -3.51. The number of aromatic nitrogens is 5. The zero-order chi connectivity index (χ0) is 25.7. The van der Waals surface area contributed by atoms with E-state index in [1.165, 1.54) is 13.4 Å². The van der Waals surface area contributed by atoms with Crippen molar-refractivity contribution in [3.63, 3.8) is 0 Å². The molecule has 0 aromatic carbocycles. The predicted octanol–water partition coefficient (Wildman–Crippen LogP) is 0.958. The zero-order valence-corrected chi connectivity index (χ0v) is 20.7. The average Bonchev–Trinajstić information content (AvgIpc) is 3.11. The van der Waals surface area contributed by atoms with E-state index in [9.17, 15) is 19.2 Å². The summed E-state index contributed by atoms with van der Waals surface area (Å²) in [5.74, 6) is -1.29. The second-order valence-corrected chi connectivity index (χ2v) is 9.77. The standard InChI is InChI=1S/C21H33N7O6/c1-20(2,3)33-17(30)13(10-8-9-11-22-18(31)34-21(4,5)6)24-16(29)14-15-25-26-27(7)19(32)28(15)12-23-14/h12-13H,8-11H2,1-7H3,(H,22,31)(H,24,29)/t13-/m0/s1. The van der Waals surface area contributed by atoms with Crippen molar-refractivity contribution in [1.82, 2.24) is 35.0 Å². The summed E-state index contributed by atoms with van der Waals surface area (Å²) in [5, 5.41) is 12.8. The van der Waals surface area contributed by atoms with Gasteiger partial charge in [0, 0.05) is 13.6 Å². The first-order valence-corrected chi connectivity index (χ1v) is 11.0. The van der Waals surface area contributed by atoms with Crippen LogP contribution in [0.3, 0.4) is 0 Å². The highest BCUT2D eigenvalue weighted by molar-refractivity contribution is 5.99. The van der Waals surface area contributed by atoms with Gasteiger partial charge in [-0.05, 0) is 60.8 Å². The van der Waals surface area contributed by atoms with E-state index in [1.54, 1.807) is 41.5 Å². The number of carbonyl (C=O) groups excluding carboxylic acids is 3. The first kappa shape index (κ1) is 26.7. The molecule has 0 saturated carbocycles. The van der Waals surface area contributed by atoms with Gasteiger partial charge in [-0.1, -0.05) is 5.21 Å². The van der Waals surface area contributed by atoms with Gasteiger partial charge in [0.05, 0.1) is 0 Å². The molecule has 2 N–H and O–H groups in total. The van der Waals surface area contributed by atoms with E-state index in [0.29, 0.717) is 19.4 Å². The van der Waals surface area contributed by atoms with Crippen molar-refractivity contribution >= 4 is 23.6 Å². The Balaban J connectivity index is 2.04. The molecule has 0 saturated heterocycles. The van der Waals surface area contributed by atoms with E-state index < -0.39 is 40.9 Å². The molecule has 0 unspecified atom stereocenters. The summed E-state index contributed by atoms with van der Waals surface area (Å²) >= 11 is 0. The Bertz CT molecular complexity index is 1090. The molecule has 0 aliphatic carbocycles. The largest absolute Gasteiger partial charge is 0.458 e. The van der Waals surface area contributed by atoms with Gasteiger partial charge in [0.1, 0.15) is 23.6 Å². The number of nitrogens with zero attached hydrogens (tertiary/aromatic N) is 5. The molecule has 188 valence electrons. The molecule has 0 radical (unpaired) electrons. The maximum absolute atomic E-state index is 12.9. The first-order chi connectivity index (χ1) is 15.7. The summed E-state index contributed by atoms with van der Waals surface area (Å²) in [6.07, 6.45) is 1.96. The molecule has 2 aromatic rings. The smallest absolute Gasteiger partial charge is 0.407 e. The van der Waals surface area contributed by atoms with Crippen molar-refractivity contribution in [1.29, 1.82) is 0 Å². The number of nitrogens with one attached hydrogen (secondary N) is 2. The van der Waals surface area contributed by atoms with E-state index >= 15 is 0 Å². The van der Waals surface area contributed by atoms with Crippen LogP contribution in [0.5, 0.6) is 0 Å². The summed E-state index contributed by atoms with van der Waals surface area (Å²) < 4.78 is 12.7. The van der Waals surface area contributed by atoms with Crippen LogP contribution in [0.1, 0.15) is 71.3 Å². The van der Waals surface area contributed by atoms with Crippen molar-refractivity contribution in [3.05, 3.63) is 22.5 Å². The molecular weight excluding hydrogens is 446 g/mol. The fraction of sp³-hybridized carbons (Fsp3) is 0.667. The molecule has 13 heteroatoms. The number of unbranched alkanes of at least 4 members (excludes halogenated alkanes) is 1. The maximum Gasteiger partial charge on any atom is 0.407 e. The molecule has 2 aromatic heterocycles. The van der Waals surface area contributed by atoms with E-state index in [4.69, 9.17) is 9.47 Å². The van der Waals surface area contributed by atoms with Crippen LogP contribution in [-0.2, 0) is 21.3 Å². The van der Waals surface area contributed by atoms with Crippen LogP contribution in [0.25, 0.3) is 5.65 Å². The first-order valence-electron chi connectivity index (χ1n) is 11.0. The van der Waals surface area contributed by atoms with Crippen molar-refractivity contribution < 1.29 is 23.9 Å². The second kappa shape index (κ2) is 10.6. The monoisotopic (exact) mass is 479 g/mol. The van der Waals surface area contributed by atoms with Crippen molar-refractivity contribution in [2.24, 2.45) is 7.05 Å². The lowest BCUT2D eigenvalue weighted by molar-refractivity contribution is -0.157. The molecule has 13 nitrogen and oxygen atoms in total. The Labute approximate surface area is 197 Å². The topological polar surface area (TPSA) is 159 Å². The van der Waals surface area contributed by atoms with Gasteiger partial charge in [0.2, 0.25) is 0 Å². The fourth-order valence-corrected chi connectivity index (χ4v) is 2.87. The Morgan fingerprint density at radius 2 is 1.71 bits per heavy atom. The number of carbonyl (C=O) groups is 3. The van der Waals surface area contributed by atoms with Crippen LogP contribution >= 0.6 is 0 Å². The van der Waals surface area contributed by atoms with E-state index in [1.807, 2.05) is 0 Å². The van der Waals surface area contributed by atoms with Crippen molar-refractivity contribution in [2.75, 3.05) is 6.54 Å². The van der Waals surface area contributed by atoms with E-state index in [2.05, 4.69) is 25.9 Å². The van der Waals surface area contributed by atoms with Gasteiger partial charge in [0.25, 0.3) is 5.91 Å². The molecule has 2 rings (SSSR count). The number of esters is 1. The fourth-order valence-electron chi connectivity index (χ4n) is 2.87. The minimum absolute atomic E-state index is 0.0231. The predicted molar refractivity (Wildman–Crippen MR) is 121 cm³/mol. The number of amides is 2. The maximum atomic E-state index is 12.9. The van der Waals surface area contributed by atoms with Gasteiger partial charge >= 0.3 is 17.8 Å². The van der Waals surface area contributed by atoms with Crippen LogP contribution in [0.2, 0.25) is 0 Å². The summed E-state index contributed by atoms with van der Waals surface area (Å²) in [4.78, 5) is 53.4. The van der Waals surface area contributed by atoms with Gasteiger partial charge in [-0.3, -0.25) is 4.79 Å². The quantitative estimate of drug-likeness (QED) is 0.415. The third-order valence-electron chi connectivity index (χ3n) is 4.30. The van der Waals surface area contributed by atoms with Gasteiger partial charge in [-0.25, -0.2) is 23.8 Å². The SMILES string of the molecule is Cn1nnc2c(C(=O)N[C@@H](CCCCNC(=O)OC(C)(C)C)C(=O)OC(C)(C)C)ncn2c1=O. The Morgan fingerprint density at radius 3 is 2.32 bits per heavy atom. The van der Waals surface area contributed by atoms with Gasteiger partial charge < -0.3 is 20.1 Å². The van der Waals surface area contributed by atoms with Crippen LogP contribution in [-0.4, -0.2) is 66.1 Å². The second-order valence-electron chi connectivity index (χ2n) is 9.77. The number of ether oxygens (including phenoxy) is 2. The van der Waals surface area contributed by atoms with Crippen LogP contribution in [0.4, 0.5) is 4.79 Å².